The summed E-state index contributed by atoms with van der Waals surface area (Å²) in [4.78, 5) is 0. The third-order valence-electron chi connectivity index (χ3n) is 4.31. The van der Waals surface area contributed by atoms with Crippen molar-refractivity contribution in [2.45, 2.75) is 32.1 Å². The first-order valence-electron chi connectivity index (χ1n) is 8.54. The second-order valence-corrected chi connectivity index (χ2v) is 7.46. The summed E-state index contributed by atoms with van der Waals surface area (Å²) in [5.41, 5.74) is 0. The third kappa shape index (κ3) is 4.21. The van der Waals surface area contributed by atoms with Crippen LogP contribution in [0.2, 0.25) is 10.0 Å². The standard InChI is InChI=1S/C18H17Cl2N3O3S/c19-11-3-5-15(14(20)8-11)25-10-13-4-6-16(26-13)17-21-22-18(27)23(17)9-12-2-1-7-24-12/h3-6,8,12H,1-2,7,9-10H2,(H,22,27). The van der Waals surface area contributed by atoms with E-state index in [1.165, 1.54) is 0 Å². The molecular formula is C18H17Cl2N3O3S. The summed E-state index contributed by atoms with van der Waals surface area (Å²) in [5.74, 6) is 2.45. The predicted molar refractivity (Wildman–Crippen MR) is 105 cm³/mol. The highest BCUT2D eigenvalue weighted by atomic mass is 35.5. The van der Waals surface area contributed by atoms with Crippen molar-refractivity contribution in [3.05, 3.63) is 50.9 Å². The molecule has 3 heterocycles. The lowest BCUT2D eigenvalue weighted by molar-refractivity contribution is 0.0969. The van der Waals surface area contributed by atoms with Crippen molar-refractivity contribution in [1.29, 1.82) is 0 Å². The Balaban J connectivity index is 1.48. The van der Waals surface area contributed by atoms with E-state index >= 15 is 0 Å². The summed E-state index contributed by atoms with van der Waals surface area (Å²) < 4.78 is 19.8. The van der Waals surface area contributed by atoms with E-state index < -0.39 is 0 Å². The van der Waals surface area contributed by atoms with Crippen molar-refractivity contribution in [3.63, 3.8) is 0 Å². The monoisotopic (exact) mass is 425 g/mol. The number of nitrogens with zero attached hydrogens (tertiary/aromatic N) is 2. The fraction of sp³-hybridized carbons (Fsp3) is 0.333. The van der Waals surface area contributed by atoms with E-state index in [-0.39, 0.29) is 12.7 Å². The molecule has 1 aliphatic rings. The van der Waals surface area contributed by atoms with Crippen LogP contribution in [0.3, 0.4) is 0 Å². The van der Waals surface area contributed by atoms with Crippen LogP contribution in [0, 0.1) is 4.77 Å². The highest BCUT2D eigenvalue weighted by Crippen LogP contribution is 2.29. The quantitative estimate of drug-likeness (QED) is 0.545. The van der Waals surface area contributed by atoms with Gasteiger partial charge in [-0.3, -0.25) is 9.67 Å². The maximum absolute atomic E-state index is 6.12. The number of nitrogens with one attached hydrogen (secondary N) is 1. The minimum atomic E-state index is 0.151. The molecule has 0 radical (unpaired) electrons. The first-order valence-corrected chi connectivity index (χ1v) is 9.70. The molecule has 6 nitrogen and oxygen atoms in total. The molecule has 9 heteroatoms. The second-order valence-electron chi connectivity index (χ2n) is 6.23. The molecule has 27 heavy (non-hydrogen) atoms. The van der Waals surface area contributed by atoms with Gasteiger partial charge in [0, 0.05) is 11.6 Å². The molecule has 3 aromatic rings. The molecule has 1 N–H and O–H groups in total. The van der Waals surface area contributed by atoms with E-state index in [0.717, 1.165) is 19.4 Å². The molecular weight excluding hydrogens is 409 g/mol. The lowest BCUT2D eigenvalue weighted by atomic mass is 10.2. The van der Waals surface area contributed by atoms with Crippen molar-refractivity contribution in [3.8, 4) is 17.3 Å². The molecule has 0 spiro atoms. The van der Waals surface area contributed by atoms with Gasteiger partial charge in [0.05, 0.1) is 17.7 Å². The minimum Gasteiger partial charge on any atom is -0.484 e. The van der Waals surface area contributed by atoms with Gasteiger partial charge < -0.3 is 13.9 Å². The summed E-state index contributed by atoms with van der Waals surface area (Å²) in [6, 6.07) is 8.77. The summed E-state index contributed by atoms with van der Waals surface area (Å²) in [6.07, 6.45) is 2.24. The van der Waals surface area contributed by atoms with Crippen LogP contribution >= 0.6 is 35.4 Å². The minimum absolute atomic E-state index is 0.151. The van der Waals surface area contributed by atoms with Crippen LogP contribution in [0.5, 0.6) is 5.75 Å². The van der Waals surface area contributed by atoms with Crippen LogP contribution in [-0.2, 0) is 17.9 Å². The fourth-order valence-corrected chi connectivity index (χ4v) is 3.65. The average molecular weight is 426 g/mol. The first-order chi connectivity index (χ1) is 13.1. The van der Waals surface area contributed by atoms with E-state index in [9.17, 15) is 0 Å². The number of hydrogen-bond acceptors (Lipinski definition) is 5. The number of benzene rings is 1. The van der Waals surface area contributed by atoms with Crippen molar-refractivity contribution >= 4 is 35.4 Å². The van der Waals surface area contributed by atoms with Gasteiger partial charge in [-0.1, -0.05) is 23.2 Å². The van der Waals surface area contributed by atoms with Crippen LogP contribution in [-0.4, -0.2) is 27.5 Å². The number of rotatable bonds is 6. The number of halogens is 2. The Hall–Kier alpha value is -1.80. The molecule has 1 aromatic carbocycles. The van der Waals surface area contributed by atoms with Gasteiger partial charge in [-0.05, 0) is 55.4 Å². The van der Waals surface area contributed by atoms with Gasteiger partial charge in [-0.15, -0.1) is 0 Å². The van der Waals surface area contributed by atoms with E-state index in [4.69, 9.17) is 49.3 Å². The highest BCUT2D eigenvalue weighted by Gasteiger charge is 2.20. The molecule has 142 valence electrons. The van der Waals surface area contributed by atoms with Crippen LogP contribution in [0.25, 0.3) is 11.6 Å². The Morgan fingerprint density at radius 1 is 1.30 bits per heavy atom. The largest absolute Gasteiger partial charge is 0.484 e. The number of aromatic amines is 1. The van der Waals surface area contributed by atoms with Gasteiger partial charge >= 0.3 is 0 Å². The molecule has 1 unspecified atom stereocenters. The summed E-state index contributed by atoms with van der Waals surface area (Å²) in [6.45, 7) is 1.68. The van der Waals surface area contributed by atoms with Crippen molar-refractivity contribution < 1.29 is 13.9 Å². The van der Waals surface area contributed by atoms with Gasteiger partial charge in [0.1, 0.15) is 18.1 Å². The Bertz CT molecular complexity index is 992. The topological polar surface area (TPSA) is 65.2 Å². The molecule has 1 aliphatic heterocycles. The van der Waals surface area contributed by atoms with Crippen molar-refractivity contribution in [1.82, 2.24) is 14.8 Å². The molecule has 0 aliphatic carbocycles. The van der Waals surface area contributed by atoms with Crippen molar-refractivity contribution in [2.24, 2.45) is 0 Å². The number of furan rings is 1. The van der Waals surface area contributed by atoms with Gasteiger partial charge in [0.2, 0.25) is 0 Å². The normalized spacial score (nSPS) is 16.7. The Morgan fingerprint density at radius 2 is 2.19 bits per heavy atom. The molecule has 0 bridgehead atoms. The smallest absolute Gasteiger partial charge is 0.198 e. The van der Waals surface area contributed by atoms with E-state index in [0.29, 0.717) is 44.5 Å². The fourth-order valence-electron chi connectivity index (χ4n) is 2.98. The number of hydrogen-bond donors (Lipinski definition) is 1. The van der Waals surface area contributed by atoms with Gasteiger partial charge in [0.25, 0.3) is 0 Å². The van der Waals surface area contributed by atoms with Gasteiger partial charge in [-0.2, -0.15) is 5.10 Å². The summed E-state index contributed by atoms with van der Waals surface area (Å²) in [7, 11) is 0. The third-order valence-corrected chi connectivity index (χ3v) is 5.16. The van der Waals surface area contributed by atoms with E-state index in [2.05, 4.69) is 10.2 Å². The maximum Gasteiger partial charge on any atom is 0.198 e. The zero-order chi connectivity index (χ0) is 18.8. The zero-order valence-corrected chi connectivity index (χ0v) is 16.6. The van der Waals surface area contributed by atoms with Crippen molar-refractivity contribution in [2.75, 3.05) is 6.61 Å². The van der Waals surface area contributed by atoms with Crippen LogP contribution in [0.4, 0.5) is 0 Å². The molecule has 2 aromatic heterocycles. The zero-order valence-electron chi connectivity index (χ0n) is 14.3. The molecule has 1 fully saturated rings. The number of ether oxygens (including phenoxy) is 2. The summed E-state index contributed by atoms with van der Waals surface area (Å²) in [5, 5.41) is 8.14. The lowest BCUT2D eigenvalue weighted by Crippen LogP contribution is -2.15. The molecule has 0 amide bonds. The van der Waals surface area contributed by atoms with Crippen LogP contribution in [0.15, 0.2) is 34.7 Å². The van der Waals surface area contributed by atoms with Crippen LogP contribution in [0.1, 0.15) is 18.6 Å². The van der Waals surface area contributed by atoms with Crippen LogP contribution < -0.4 is 4.74 Å². The van der Waals surface area contributed by atoms with Gasteiger partial charge in [-0.25, -0.2) is 0 Å². The average Bonchev–Trinajstić information content (AvgIpc) is 3.37. The Labute approximate surface area is 171 Å². The Morgan fingerprint density at radius 3 is 2.96 bits per heavy atom. The Kier molecular flexibility index (Phi) is 5.54. The molecule has 1 atom stereocenters. The number of aromatic nitrogens is 3. The molecule has 4 rings (SSSR count). The maximum atomic E-state index is 6.12. The van der Waals surface area contributed by atoms with E-state index in [1.54, 1.807) is 18.2 Å². The lowest BCUT2D eigenvalue weighted by Gasteiger charge is -2.11. The molecule has 1 saturated heterocycles. The second kappa shape index (κ2) is 8.06. The first kappa shape index (κ1) is 18.6. The predicted octanol–water partition coefficient (Wildman–Crippen LogP) is 5.27. The number of H-pyrrole nitrogens is 1. The van der Waals surface area contributed by atoms with E-state index in [1.807, 2.05) is 16.7 Å². The molecule has 0 saturated carbocycles. The SMILES string of the molecule is S=c1[nH]nc(-c2ccc(COc3ccc(Cl)cc3Cl)o2)n1CC1CCCO1. The van der Waals surface area contributed by atoms with Gasteiger partial charge in [0.15, 0.2) is 16.4 Å². The highest BCUT2D eigenvalue weighted by molar-refractivity contribution is 7.71. The summed E-state index contributed by atoms with van der Waals surface area (Å²) >= 11 is 17.4.